The number of halogens is 3. The summed E-state index contributed by atoms with van der Waals surface area (Å²) in [5.74, 6) is -0.990. The van der Waals surface area contributed by atoms with Crippen LogP contribution in [0.3, 0.4) is 0 Å². The number of sulfonamides is 1. The van der Waals surface area contributed by atoms with Crippen molar-refractivity contribution in [1.29, 1.82) is 0 Å². The maximum absolute atomic E-state index is 14.5. The fourth-order valence-electron chi connectivity index (χ4n) is 4.72. The van der Waals surface area contributed by atoms with Crippen molar-refractivity contribution in [1.82, 2.24) is 10.2 Å². The molecule has 4 aromatic carbocycles. The summed E-state index contributed by atoms with van der Waals surface area (Å²) in [6.07, 6.45) is 0.868. The number of nitrogens with zero attached hydrogens (tertiary/aromatic N) is 2. The van der Waals surface area contributed by atoms with Gasteiger partial charge in [-0.3, -0.25) is 13.9 Å². The zero-order valence-corrected chi connectivity index (χ0v) is 28.0. The van der Waals surface area contributed by atoms with Gasteiger partial charge in [0.05, 0.1) is 15.6 Å². The van der Waals surface area contributed by atoms with Crippen LogP contribution in [-0.4, -0.2) is 43.8 Å². The average Bonchev–Trinajstić information content (AvgIpc) is 3.03. The Kier molecular flexibility index (Phi) is 11.9. The Morgan fingerprint density at radius 3 is 2.07 bits per heavy atom. The normalized spacial score (nSPS) is 12.6. The average molecular weight is 687 g/mol. The van der Waals surface area contributed by atoms with E-state index in [1.54, 1.807) is 42.5 Å². The minimum atomic E-state index is -4.30. The summed E-state index contributed by atoms with van der Waals surface area (Å²) in [7, 11) is -4.30. The second-order valence-corrected chi connectivity index (χ2v) is 13.7. The molecule has 4 aromatic rings. The molecule has 0 spiro atoms. The van der Waals surface area contributed by atoms with Gasteiger partial charge in [0, 0.05) is 29.1 Å². The summed E-state index contributed by atoms with van der Waals surface area (Å²) >= 11 is 19.2. The second kappa shape index (κ2) is 15.6. The Morgan fingerprint density at radius 1 is 0.822 bits per heavy atom. The first-order valence-corrected chi connectivity index (χ1v) is 17.0. The lowest BCUT2D eigenvalue weighted by Gasteiger charge is -2.34. The highest BCUT2D eigenvalue weighted by atomic mass is 35.5. The maximum atomic E-state index is 14.5. The van der Waals surface area contributed by atoms with E-state index in [0.29, 0.717) is 22.0 Å². The van der Waals surface area contributed by atoms with E-state index in [1.165, 1.54) is 35.2 Å². The van der Waals surface area contributed by atoms with Crippen LogP contribution in [0.1, 0.15) is 31.4 Å². The lowest BCUT2D eigenvalue weighted by Crippen LogP contribution is -2.54. The van der Waals surface area contributed by atoms with Crippen LogP contribution in [0.4, 0.5) is 5.69 Å². The van der Waals surface area contributed by atoms with Crippen LogP contribution in [0, 0.1) is 0 Å². The van der Waals surface area contributed by atoms with Gasteiger partial charge in [0.15, 0.2) is 0 Å². The van der Waals surface area contributed by atoms with Crippen LogP contribution >= 0.6 is 34.8 Å². The fourth-order valence-corrected chi connectivity index (χ4v) is 6.93. The maximum Gasteiger partial charge on any atom is 0.264 e. The molecule has 45 heavy (non-hydrogen) atoms. The van der Waals surface area contributed by atoms with E-state index in [9.17, 15) is 18.0 Å². The zero-order valence-electron chi connectivity index (χ0n) is 24.9. The van der Waals surface area contributed by atoms with E-state index in [-0.39, 0.29) is 40.5 Å². The minimum Gasteiger partial charge on any atom is -0.352 e. The second-order valence-electron chi connectivity index (χ2n) is 10.6. The Labute approximate surface area is 279 Å². The molecule has 0 heterocycles. The quantitative estimate of drug-likeness (QED) is 0.159. The highest BCUT2D eigenvalue weighted by Gasteiger charge is 2.35. The molecule has 2 amide bonds. The predicted octanol–water partition coefficient (Wildman–Crippen LogP) is 7.40. The first-order valence-electron chi connectivity index (χ1n) is 14.4. The number of hydrogen-bond donors (Lipinski definition) is 1. The molecule has 0 fully saturated rings. The van der Waals surface area contributed by atoms with Crippen LogP contribution in [0.2, 0.25) is 15.1 Å². The number of hydrogen-bond acceptors (Lipinski definition) is 4. The molecule has 236 valence electrons. The summed E-state index contributed by atoms with van der Waals surface area (Å²) in [6.45, 7) is 3.14. The zero-order chi connectivity index (χ0) is 32.6. The summed E-state index contributed by atoms with van der Waals surface area (Å²) < 4.78 is 29.1. The summed E-state index contributed by atoms with van der Waals surface area (Å²) in [5, 5.41) is 3.76. The van der Waals surface area contributed by atoms with Crippen molar-refractivity contribution in [3.63, 3.8) is 0 Å². The van der Waals surface area contributed by atoms with Crippen molar-refractivity contribution < 1.29 is 18.0 Å². The lowest BCUT2D eigenvalue weighted by molar-refractivity contribution is -0.140. The van der Waals surface area contributed by atoms with Gasteiger partial charge in [-0.2, -0.15) is 0 Å². The van der Waals surface area contributed by atoms with Crippen molar-refractivity contribution in [2.24, 2.45) is 0 Å². The molecule has 2 unspecified atom stereocenters. The van der Waals surface area contributed by atoms with Crippen LogP contribution in [-0.2, 0) is 32.6 Å². The van der Waals surface area contributed by atoms with Gasteiger partial charge in [-0.1, -0.05) is 108 Å². The SMILES string of the molecule is CCC(C)NC(=O)C(Cc1ccccc1)N(Cc1ccccc1Cl)C(=O)CN(c1ccc(Cl)cc1Cl)S(=O)(=O)c1ccccc1. The van der Waals surface area contributed by atoms with Crippen molar-refractivity contribution in [3.8, 4) is 0 Å². The minimum absolute atomic E-state index is 0.0307. The van der Waals surface area contributed by atoms with Gasteiger partial charge >= 0.3 is 0 Å². The summed E-state index contributed by atoms with van der Waals surface area (Å²) in [6, 6.07) is 27.3. The fraction of sp³-hybridized carbons (Fsp3) is 0.235. The van der Waals surface area contributed by atoms with Gasteiger partial charge in [-0.15, -0.1) is 0 Å². The Bertz CT molecular complexity index is 1720. The van der Waals surface area contributed by atoms with E-state index in [1.807, 2.05) is 44.2 Å². The number of anilines is 1. The number of benzene rings is 4. The molecule has 4 rings (SSSR count). The van der Waals surface area contributed by atoms with Crippen molar-refractivity contribution >= 4 is 62.3 Å². The number of amides is 2. The molecule has 0 saturated carbocycles. The third-order valence-electron chi connectivity index (χ3n) is 7.36. The van der Waals surface area contributed by atoms with Gasteiger partial charge < -0.3 is 10.2 Å². The van der Waals surface area contributed by atoms with Gasteiger partial charge in [-0.05, 0) is 60.9 Å². The van der Waals surface area contributed by atoms with Crippen LogP contribution in [0.25, 0.3) is 0 Å². The number of carbonyl (C=O) groups is 2. The van der Waals surface area contributed by atoms with E-state index in [2.05, 4.69) is 5.32 Å². The standard InChI is InChI=1S/C34H34Cl3N3O4S/c1-3-24(2)38-34(42)32(20-25-12-6-4-7-13-25)39(22-26-14-10-11-17-29(26)36)33(41)23-40(31-19-18-27(35)21-30(31)37)45(43,44)28-15-8-5-9-16-28/h4-19,21,24,32H,3,20,22-23H2,1-2H3,(H,38,42). The van der Waals surface area contributed by atoms with E-state index in [0.717, 1.165) is 9.87 Å². The third-order valence-corrected chi connectivity index (χ3v) is 10.0. The number of carbonyl (C=O) groups excluding carboxylic acids is 2. The highest BCUT2D eigenvalue weighted by molar-refractivity contribution is 7.92. The smallest absolute Gasteiger partial charge is 0.264 e. The number of rotatable bonds is 13. The molecule has 0 bridgehead atoms. The molecule has 11 heteroatoms. The molecule has 0 radical (unpaired) electrons. The molecule has 0 aliphatic carbocycles. The molecular weight excluding hydrogens is 653 g/mol. The Hall–Kier alpha value is -3.56. The molecule has 0 aliphatic rings. The van der Waals surface area contributed by atoms with E-state index in [4.69, 9.17) is 34.8 Å². The van der Waals surface area contributed by atoms with Gasteiger partial charge in [0.25, 0.3) is 10.0 Å². The monoisotopic (exact) mass is 685 g/mol. The molecule has 0 saturated heterocycles. The first-order chi connectivity index (χ1) is 21.5. The highest BCUT2D eigenvalue weighted by Crippen LogP contribution is 2.33. The Morgan fingerprint density at radius 2 is 1.44 bits per heavy atom. The lowest BCUT2D eigenvalue weighted by atomic mass is 10.0. The third kappa shape index (κ3) is 8.79. The molecule has 7 nitrogen and oxygen atoms in total. The first kappa shape index (κ1) is 34.3. The van der Waals surface area contributed by atoms with E-state index >= 15 is 0 Å². The molecular formula is C34H34Cl3N3O4S. The van der Waals surface area contributed by atoms with Crippen molar-refractivity contribution in [3.05, 3.63) is 129 Å². The molecule has 1 N–H and O–H groups in total. The van der Waals surface area contributed by atoms with Crippen molar-refractivity contribution in [2.45, 2.75) is 50.2 Å². The number of nitrogens with one attached hydrogen (secondary N) is 1. The largest absolute Gasteiger partial charge is 0.352 e. The molecule has 2 atom stereocenters. The Balaban J connectivity index is 1.83. The predicted molar refractivity (Wildman–Crippen MR) is 181 cm³/mol. The van der Waals surface area contributed by atoms with Gasteiger partial charge in [0.2, 0.25) is 11.8 Å². The van der Waals surface area contributed by atoms with Crippen molar-refractivity contribution in [2.75, 3.05) is 10.8 Å². The molecule has 0 aromatic heterocycles. The van der Waals surface area contributed by atoms with Gasteiger partial charge in [0.1, 0.15) is 12.6 Å². The van der Waals surface area contributed by atoms with E-state index < -0.39 is 28.5 Å². The van der Waals surface area contributed by atoms with Crippen LogP contribution in [0.15, 0.2) is 108 Å². The summed E-state index contributed by atoms with van der Waals surface area (Å²) in [4.78, 5) is 29.8. The van der Waals surface area contributed by atoms with Gasteiger partial charge in [-0.25, -0.2) is 8.42 Å². The summed E-state index contributed by atoms with van der Waals surface area (Å²) in [5.41, 5.74) is 1.50. The topological polar surface area (TPSA) is 86.8 Å². The van der Waals surface area contributed by atoms with Crippen LogP contribution < -0.4 is 9.62 Å². The molecule has 0 aliphatic heterocycles. The van der Waals surface area contributed by atoms with Crippen LogP contribution in [0.5, 0.6) is 0 Å².